The third kappa shape index (κ3) is 2.16. The number of carboxylic acid groups (broad SMARTS) is 1. The average molecular weight is 258 g/mol. The van der Waals surface area contributed by atoms with E-state index in [1.165, 1.54) is 0 Å². The zero-order valence-corrected chi connectivity index (χ0v) is 9.95. The minimum atomic E-state index is -0.967. The first-order valence-corrected chi connectivity index (χ1v) is 5.44. The van der Waals surface area contributed by atoms with Crippen molar-refractivity contribution in [2.45, 2.75) is 19.4 Å². The van der Waals surface area contributed by atoms with Crippen molar-refractivity contribution >= 4 is 17.6 Å². The summed E-state index contributed by atoms with van der Waals surface area (Å²) >= 11 is 6.08. The van der Waals surface area contributed by atoms with Gasteiger partial charge >= 0.3 is 5.97 Å². The highest BCUT2D eigenvalue weighted by atomic mass is 35.5. The van der Waals surface area contributed by atoms with Gasteiger partial charge in [-0.2, -0.15) is 0 Å². The van der Waals surface area contributed by atoms with Crippen LogP contribution in [0.2, 0.25) is 5.02 Å². The van der Waals surface area contributed by atoms with E-state index in [2.05, 4.69) is 0 Å². The van der Waals surface area contributed by atoms with E-state index in [0.29, 0.717) is 22.1 Å². The van der Waals surface area contributed by atoms with E-state index < -0.39 is 12.0 Å². The highest BCUT2D eigenvalue weighted by molar-refractivity contribution is 6.31. The summed E-state index contributed by atoms with van der Waals surface area (Å²) in [5, 5.41) is 9.14. The summed E-state index contributed by atoms with van der Waals surface area (Å²) in [6, 6.07) is 0.947. The van der Waals surface area contributed by atoms with Gasteiger partial charge in [0.25, 0.3) is 0 Å². The number of fused-ring (bicyclic) bond motifs is 1. The van der Waals surface area contributed by atoms with Crippen LogP contribution in [0.3, 0.4) is 0 Å². The monoisotopic (exact) mass is 257 g/mol. The lowest BCUT2D eigenvalue weighted by atomic mass is 9.98. The van der Waals surface area contributed by atoms with Gasteiger partial charge in [-0.3, -0.25) is 4.79 Å². The molecule has 0 spiro atoms. The Hall–Kier alpha value is -1.46. The van der Waals surface area contributed by atoms with Gasteiger partial charge in [0.05, 0.1) is 6.42 Å². The molecule has 0 aromatic heterocycles. The van der Waals surface area contributed by atoms with Gasteiger partial charge < -0.3 is 20.3 Å². The normalized spacial score (nSPS) is 14.8. The molecule has 0 bridgehead atoms. The number of aliphatic carboxylic acids is 1. The molecule has 1 aromatic rings. The summed E-state index contributed by atoms with van der Waals surface area (Å²) in [6.07, 6.45) is -0.180. The fourth-order valence-corrected chi connectivity index (χ4v) is 2.31. The number of carbonyl (C=O) groups is 1. The number of benzene rings is 1. The molecule has 2 rings (SSSR count). The second kappa shape index (κ2) is 4.43. The SMILES string of the molecule is Cc1c2c(cc(Cl)c1C(N)CC(=O)O)OCO2. The van der Waals surface area contributed by atoms with Crippen LogP contribution >= 0.6 is 11.6 Å². The maximum Gasteiger partial charge on any atom is 0.305 e. The van der Waals surface area contributed by atoms with E-state index in [4.69, 9.17) is 31.9 Å². The maximum absolute atomic E-state index is 10.7. The molecule has 1 heterocycles. The molecule has 1 aliphatic heterocycles. The van der Waals surface area contributed by atoms with Crippen molar-refractivity contribution in [1.82, 2.24) is 0 Å². The molecule has 5 nitrogen and oxygen atoms in total. The molecule has 3 N–H and O–H groups in total. The van der Waals surface area contributed by atoms with Crippen molar-refractivity contribution in [1.29, 1.82) is 0 Å². The lowest BCUT2D eigenvalue weighted by Crippen LogP contribution is -2.16. The Kier molecular flexibility index (Phi) is 3.13. The van der Waals surface area contributed by atoms with Gasteiger partial charge in [0.2, 0.25) is 6.79 Å². The maximum atomic E-state index is 10.7. The first-order chi connectivity index (χ1) is 8.00. The summed E-state index contributed by atoms with van der Waals surface area (Å²) in [6.45, 7) is 1.93. The first-order valence-electron chi connectivity index (χ1n) is 5.06. The summed E-state index contributed by atoms with van der Waals surface area (Å²) < 4.78 is 10.5. The van der Waals surface area contributed by atoms with Gasteiger partial charge in [-0.25, -0.2) is 0 Å². The summed E-state index contributed by atoms with van der Waals surface area (Å²) in [5.41, 5.74) is 7.16. The summed E-state index contributed by atoms with van der Waals surface area (Å²) in [5.74, 6) is 0.189. The molecule has 0 saturated carbocycles. The highest BCUT2D eigenvalue weighted by Gasteiger charge is 2.25. The van der Waals surface area contributed by atoms with E-state index >= 15 is 0 Å². The predicted octanol–water partition coefficient (Wildman–Crippen LogP) is 1.85. The molecule has 92 valence electrons. The van der Waals surface area contributed by atoms with E-state index in [9.17, 15) is 4.79 Å². The Balaban J connectivity index is 2.44. The Morgan fingerprint density at radius 2 is 2.35 bits per heavy atom. The lowest BCUT2D eigenvalue weighted by molar-refractivity contribution is -0.137. The highest BCUT2D eigenvalue weighted by Crippen LogP contribution is 2.42. The van der Waals surface area contributed by atoms with E-state index in [1.54, 1.807) is 13.0 Å². The molecule has 1 aliphatic rings. The number of halogens is 1. The van der Waals surface area contributed by atoms with Gasteiger partial charge in [-0.15, -0.1) is 0 Å². The van der Waals surface area contributed by atoms with Crippen LogP contribution in [-0.2, 0) is 4.79 Å². The molecular weight excluding hydrogens is 246 g/mol. The van der Waals surface area contributed by atoms with Gasteiger partial charge in [-0.1, -0.05) is 11.6 Å². The van der Waals surface area contributed by atoms with Gasteiger partial charge in [-0.05, 0) is 12.5 Å². The van der Waals surface area contributed by atoms with Crippen LogP contribution in [0.5, 0.6) is 11.5 Å². The number of hydrogen-bond acceptors (Lipinski definition) is 4. The molecule has 1 aromatic carbocycles. The molecule has 17 heavy (non-hydrogen) atoms. The van der Waals surface area contributed by atoms with Gasteiger partial charge in [0.15, 0.2) is 11.5 Å². The van der Waals surface area contributed by atoms with Gasteiger partial charge in [0.1, 0.15) is 0 Å². The third-order valence-electron chi connectivity index (χ3n) is 2.67. The number of hydrogen-bond donors (Lipinski definition) is 2. The number of ether oxygens (including phenoxy) is 2. The zero-order valence-electron chi connectivity index (χ0n) is 9.20. The second-order valence-electron chi connectivity index (χ2n) is 3.84. The molecular formula is C11H12ClNO4. The largest absolute Gasteiger partial charge is 0.481 e. The molecule has 0 fully saturated rings. The summed E-state index contributed by atoms with van der Waals surface area (Å²) in [4.78, 5) is 10.7. The predicted molar refractivity (Wildman–Crippen MR) is 61.5 cm³/mol. The van der Waals surface area contributed by atoms with Crippen LogP contribution in [-0.4, -0.2) is 17.9 Å². The second-order valence-corrected chi connectivity index (χ2v) is 4.24. The Bertz CT molecular complexity index is 475. The third-order valence-corrected chi connectivity index (χ3v) is 2.98. The molecule has 6 heteroatoms. The molecule has 0 saturated heterocycles. The fraction of sp³-hybridized carbons (Fsp3) is 0.364. The van der Waals surface area contributed by atoms with Crippen molar-refractivity contribution in [2.24, 2.45) is 5.73 Å². The van der Waals surface area contributed by atoms with Crippen molar-refractivity contribution in [3.05, 3.63) is 22.2 Å². The van der Waals surface area contributed by atoms with Crippen molar-refractivity contribution < 1.29 is 19.4 Å². The lowest BCUT2D eigenvalue weighted by Gasteiger charge is -2.16. The van der Waals surface area contributed by atoms with Crippen LogP contribution in [0.1, 0.15) is 23.6 Å². The standard InChI is InChI=1S/C11H12ClNO4/c1-5-10(7(13)3-9(14)15)6(12)2-8-11(5)17-4-16-8/h2,7H,3-4,13H2,1H3,(H,14,15). The van der Waals surface area contributed by atoms with Gasteiger partial charge in [0, 0.05) is 22.7 Å². The van der Waals surface area contributed by atoms with E-state index in [-0.39, 0.29) is 13.2 Å². The number of rotatable bonds is 3. The molecule has 0 aliphatic carbocycles. The topological polar surface area (TPSA) is 81.8 Å². The van der Waals surface area contributed by atoms with Crippen LogP contribution in [0.25, 0.3) is 0 Å². The quantitative estimate of drug-likeness (QED) is 0.864. The molecule has 0 amide bonds. The molecule has 1 atom stereocenters. The Morgan fingerprint density at radius 3 is 3.00 bits per heavy atom. The summed E-state index contributed by atoms with van der Waals surface area (Å²) in [7, 11) is 0. The molecule has 0 radical (unpaired) electrons. The Labute approximate surface area is 103 Å². The fourth-order valence-electron chi connectivity index (χ4n) is 1.93. The average Bonchev–Trinajstić information content (AvgIpc) is 2.64. The first kappa shape index (κ1) is 12.0. The van der Waals surface area contributed by atoms with Crippen molar-refractivity contribution in [3.8, 4) is 11.5 Å². The van der Waals surface area contributed by atoms with Crippen LogP contribution in [0.4, 0.5) is 0 Å². The number of nitrogens with two attached hydrogens (primary N) is 1. The van der Waals surface area contributed by atoms with E-state index in [0.717, 1.165) is 5.56 Å². The smallest absolute Gasteiger partial charge is 0.305 e. The van der Waals surface area contributed by atoms with Crippen molar-refractivity contribution in [3.63, 3.8) is 0 Å². The minimum absolute atomic E-state index is 0.143. The van der Waals surface area contributed by atoms with Crippen LogP contribution in [0, 0.1) is 6.92 Å². The zero-order chi connectivity index (χ0) is 12.6. The van der Waals surface area contributed by atoms with E-state index in [1.807, 2.05) is 0 Å². The van der Waals surface area contributed by atoms with Crippen LogP contribution in [0.15, 0.2) is 6.07 Å². The number of carboxylic acids is 1. The van der Waals surface area contributed by atoms with Crippen LogP contribution < -0.4 is 15.2 Å². The van der Waals surface area contributed by atoms with Crippen molar-refractivity contribution in [2.75, 3.05) is 6.79 Å². The molecule has 1 unspecified atom stereocenters. The minimum Gasteiger partial charge on any atom is -0.481 e. The Morgan fingerprint density at radius 1 is 1.65 bits per heavy atom.